The number of hydrogen-bond donors (Lipinski definition) is 1. The first-order valence-corrected chi connectivity index (χ1v) is 13.3. The highest BCUT2D eigenvalue weighted by Gasteiger charge is 2.40. The van der Waals surface area contributed by atoms with Crippen molar-refractivity contribution >= 4 is 50.9 Å². The van der Waals surface area contributed by atoms with E-state index in [-0.39, 0.29) is 48.3 Å². The second-order valence-corrected chi connectivity index (χ2v) is 11.2. The van der Waals surface area contributed by atoms with Crippen LogP contribution in [0.5, 0.6) is 0 Å². The van der Waals surface area contributed by atoms with Crippen LogP contribution in [0.2, 0.25) is 10.0 Å². The van der Waals surface area contributed by atoms with Crippen LogP contribution in [0.1, 0.15) is 49.5 Å². The van der Waals surface area contributed by atoms with Gasteiger partial charge in [-0.15, -0.1) is 0 Å². The van der Waals surface area contributed by atoms with Gasteiger partial charge in [-0.05, 0) is 51.5 Å². The fourth-order valence-corrected chi connectivity index (χ4v) is 5.94. The molecule has 1 aliphatic heterocycles. The van der Waals surface area contributed by atoms with Crippen molar-refractivity contribution in [2.75, 3.05) is 6.54 Å². The van der Waals surface area contributed by atoms with E-state index < -0.39 is 27.9 Å². The molecule has 0 radical (unpaired) electrons. The third-order valence-corrected chi connectivity index (χ3v) is 8.20. The smallest absolute Gasteiger partial charge is 0.269 e. The fraction of sp³-hybridized carbons (Fsp3) is 0.375. The van der Waals surface area contributed by atoms with Crippen molar-refractivity contribution in [3.8, 4) is 0 Å². The van der Waals surface area contributed by atoms with E-state index >= 15 is 0 Å². The maximum atomic E-state index is 13.2. The largest absolute Gasteiger partial charge is 0.352 e. The Balaban J connectivity index is 1.75. The number of benzene rings is 2. The van der Waals surface area contributed by atoms with Gasteiger partial charge in [-0.1, -0.05) is 41.4 Å². The molecule has 1 aliphatic rings. The van der Waals surface area contributed by atoms with Gasteiger partial charge < -0.3 is 10.2 Å². The Hall–Kier alpha value is -2.62. The van der Waals surface area contributed by atoms with Crippen molar-refractivity contribution < 1.29 is 22.8 Å². The summed E-state index contributed by atoms with van der Waals surface area (Å²) in [6.07, 6.45) is 0.0000803. The lowest BCUT2D eigenvalue weighted by Gasteiger charge is -2.30. The van der Waals surface area contributed by atoms with Crippen molar-refractivity contribution in [1.29, 1.82) is 0 Å². The number of rotatable bonds is 9. The van der Waals surface area contributed by atoms with Crippen LogP contribution in [-0.4, -0.2) is 54.0 Å². The van der Waals surface area contributed by atoms with E-state index in [9.17, 15) is 22.8 Å². The lowest BCUT2D eigenvalue weighted by molar-refractivity contribution is -0.140. The second kappa shape index (κ2) is 11.0. The van der Waals surface area contributed by atoms with Gasteiger partial charge in [0.2, 0.25) is 11.8 Å². The van der Waals surface area contributed by atoms with Gasteiger partial charge in [0.25, 0.3) is 15.9 Å². The summed E-state index contributed by atoms with van der Waals surface area (Å²) in [5, 5.41) is 3.51. The van der Waals surface area contributed by atoms with Crippen LogP contribution < -0.4 is 5.32 Å². The van der Waals surface area contributed by atoms with E-state index in [0.717, 1.165) is 4.31 Å². The van der Waals surface area contributed by atoms with Gasteiger partial charge in [0.05, 0.1) is 5.56 Å². The van der Waals surface area contributed by atoms with Gasteiger partial charge in [0, 0.05) is 41.2 Å². The first kappa shape index (κ1) is 27.0. The Bertz CT molecular complexity index is 1230. The zero-order valence-electron chi connectivity index (χ0n) is 19.6. The molecule has 3 amide bonds. The summed E-state index contributed by atoms with van der Waals surface area (Å²) in [6.45, 7) is 5.07. The van der Waals surface area contributed by atoms with Gasteiger partial charge in [0.15, 0.2) is 0 Å². The molecule has 8 nitrogen and oxygen atoms in total. The Morgan fingerprint density at radius 1 is 1.03 bits per heavy atom. The lowest BCUT2D eigenvalue weighted by atomic mass is 10.1. The first-order chi connectivity index (χ1) is 16.4. The van der Waals surface area contributed by atoms with Crippen molar-refractivity contribution in [1.82, 2.24) is 14.5 Å². The quantitative estimate of drug-likeness (QED) is 0.520. The monoisotopic (exact) mass is 539 g/mol. The minimum Gasteiger partial charge on any atom is -0.352 e. The number of carbonyl (C=O) groups is 3. The summed E-state index contributed by atoms with van der Waals surface area (Å²) in [5.41, 5.74) is 0.619. The molecule has 0 bridgehead atoms. The van der Waals surface area contributed by atoms with Crippen LogP contribution in [0.3, 0.4) is 0 Å². The standard InChI is InChI=1S/C24H27Cl2N3O5S/c1-15(2)27-23(31)16(3)28(14-18-19(25)9-6-10-20(18)26)22(30)12-7-13-29-24(32)17-8-4-5-11-21(17)35(29,33)34/h4-6,8-11,15-16H,7,12-14H2,1-3H3,(H,27,31)/t16-/m0/s1. The van der Waals surface area contributed by atoms with E-state index in [1.165, 1.54) is 17.0 Å². The highest BCUT2D eigenvalue weighted by atomic mass is 35.5. The molecule has 0 saturated heterocycles. The van der Waals surface area contributed by atoms with Crippen LogP contribution in [0.4, 0.5) is 0 Å². The topological polar surface area (TPSA) is 104 Å². The number of amides is 3. The SMILES string of the molecule is CC(C)NC(=O)[C@H](C)N(Cc1c(Cl)cccc1Cl)C(=O)CCCN1C(=O)c2ccccc2S1(=O)=O. The average Bonchev–Trinajstić information content (AvgIpc) is 2.98. The van der Waals surface area contributed by atoms with Crippen LogP contribution in [0, 0.1) is 0 Å². The minimum absolute atomic E-state index is 0.00356. The minimum atomic E-state index is -3.96. The van der Waals surface area contributed by atoms with Crippen LogP contribution in [-0.2, 0) is 26.2 Å². The van der Waals surface area contributed by atoms with Crippen LogP contribution >= 0.6 is 23.2 Å². The molecule has 0 aromatic heterocycles. The zero-order chi connectivity index (χ0) is 25.9. The Morgan fingerprint density at radius 2 is 1.66 bits per heavy atom. The highest BCUT2D eigenvalue weighted by molar-refractivity contribution is 7.90. The normalized spacial score (nSPS) is 15.1. The van der Waals surface area contributed by atoms with E-state index in [1.807, 2.05) is 13.8 Å². The van der Waals surface area contributed by atoms with Crippen molar-refractivity contribution in [3.05, 3.63) is 63.6 Å². The molecular weight excluding hydrogens is 513 g/mol. The van der Waals surface area contributed by atoms with Gasteiger partial charge in [-0.3, -0.25) is 14.4 Å². The Kier molecular flexibility index (Phi) is 8.46. The van der Waals surface area contributed by atoms with Gasteiger partial charge >= 0.3 is 0 Å². The van der Waals surface area contributed by atoms with Crippen molar-refractivity contribution in [3.63, 3.8) is 0 Å². The van der Waals surface area contributed by atoms with Crippen LogP contribution in [0.25, 0.3) is 0 Å². The Morgan fingerprint density at radius 3 is 2.26 bits per heavy atom. The summed E-state index contributed by atoms with van der Waals surface area (Å²) in [5.74, 6) is -1.35. The molecule has 35 heavy (non-hydrogen) atoms. The van der Waals surface area contributed by atoms with Crippen molar-refractivity contribution in [2.45, 2.75) is 57.1 Å². The third-order valence-electron chi connectivity index (χ3n) is 5.65. The second-order valence-electron chi connectivity index (χ2n) is 8.54. The van der Waals surface area contributed by atoms with Crippen LogP contribution in [0.15, 0.2) is 47.4 Å². The maximum absolute atomic E-state index is 13.2. The van der Waals surface area contributed by atoms with E-state index in [1.54, 1.807) is 37.3 Å². The zero-order valence-corrected chi connectivity index (χ0v) is 22.0. The predicted octanol–water partition coefficient (Wildman–Crippen LogP) is 3.86. The van der Waals surface area contributed by atoms with Gasteiger partial charge in [-0.2, -0.15) is 0 Å². The summed E-state index contributed by atoms with van der Waals surface area (Å²) < 4.78 is 26.3. The van der Waals surface area contributed by atoms with Crippen molar-refractivity contribution in [2.24, 2.45) is 0 Å². The number of fused-ring (bicyclic) bond motifs is 1. The number of carbonyl (C=O) groups excluding carboxylic acids is 3. The average molecular weight is 540 g/mol. The summed E-state index contributed by atoms with van der Waals surface area (Å²) in [4.78, 5) is 39.9. The molecule has 1 N–H and O–H groups in total. The molecule has 1 heterocycles. The summed E-state index contributed by atoms with van der Waals surface area (Å²) in [7, 11) is -3.96. The molecule has 188 valence electrons. The molecule has 1 atom stereocenters. The highest BCUT2D eigenvalue weighted by Crippen LogP contribution is 2.30. The fourth-order valence-electron chi connectivity index (χ4n) is 3.81. The predicted molar refractivity (Wildman–Crippen MR) is 134 cm³/mol. The molecule has 2 aromatic rings. The molecule has 0 unspecified atom stereocenters. The molecule has 0 saturated carbocycles. The van der Waals surface area contributed by atoms with Gasteiger partial charge in [-0.25, -0.2) is 12.7 Å². The van der Waals surface area contributed by atoms with E-state index in [4.69, 9.17) is 23.2 Å². The summed E-state index contributed by atoms with van der Waals surface area (Å²) in [6, 6.07) is 10.0. The number of hydrogen-bond acceptors (Lipinski definition) is 5. The lowest BCUT2D eigenvalue weighted by Crippen LogP contribution is -2.49. The Labute approximate surface area is 215 Å². The molecular formula is C24H27Cl2N3O5S. The summed E-state index contributed by atoms with van der Waals surface area (Å²) >= 11 is 12.6. The van der Waals surface area contributed by atoms with E-state index in [0.29, 0.717) is 15.6 Å². The number of nitrogens with one attached hydrogen (secondary N) is 1. The van der Waals surface area contributed by atoms with E-state index in [2.05, 4.69) is 5.32 Å². The molecule has 0 spiro atoms. The van der Waals surface area contributed by atoms with Gasteiger partial charge in [0.1, 0.15) is 10.9 Å². The molecule has 0 fully saturated rings. The third kappa shape index (κ3) is 5.79. The number of nitrogens with zero attached hydrogens (tertiary/aromatic N) is 2. The molecule has 11 heteroatoms. The molecule has 2 aromatic carbocycles. The number of halogens is 2. The number of sulfonamides is 1. The first-order valence-electron chi connectivity index (χ1n) is 11.1. The molecule has 0 aliphatic carbocycles. The maximum Gasteiger partial charge on any atom is 0.269 e. The molecule has 3 rings (SSSR count).